The molecule has 1 aliphatic heterocycles. The summed E-state index contributed by atoms with van der Waals surface area (Å²) in [6, 6.07) is 10.5. The number of morpholine rings is 1. The molecular formula is C15H23NO2. The van der Waals surface area contributed by atoms with Crippen LogP contribution in [-0.4, -0.2) is 41.4 Å². The van der Waals surface area contributed by atoms with Crippen LogP contribution >= 0.6 is 0 Å². The highest BCUT2D eigenvalue weighted by Crippen LogP contribution is 2.24. The molecule has 100 valence electrons. The van der Waals surface area contributed by atoms with E-state index in [1.807, 2.05) is 13.0 Å². The van der Waals surface area contributed by atoms with Crippen molar-refractivity contribution in [3.8, 4) is 0 Å². The lowest BCUT2D eigenvalue weighted by Gasteiger charge is -2.41. The number of aliphatic hydroxyl groups is 1. The van der Waals surface area contributed by atoms with Crippen molar-refractivity contribution in [1.82, 2.24) is 4.90 Å². The number of hydrogen-bond donors (Lipinski definition) is 1. The Kier molecular flexibility index (Phi) is 4.38. The lowest BCUT2D eigenvalue weighted by Crippen LogP contribution is -2.50. The summed E-state index contributed by atoms with van der Waals surface area (Å²) in [4.78, 5) is 2.40. The van der Waals surface area contributed by atoms with Crippen molar-refractivity contribution in [2.45, 2.75) is 38.5 Å². The van der Waals surface area contributed by atoms with Crippen molar-refractivity contribution in [1.29, 1.82) is 0 Å². The average molecular weight is 249 g/mol. The van der Waals surface area contributed by atoms with E-state index in [0.717, 1.165) is 26.2 Å². The Morgan fingerprint density at radius 2 is 2.11 bits per heavy atom. The zero-order valence-corrected chi connectivity index (χ0v) is 11.3. The fraction of sp³-hybridized carbons (Fsp3) is 0.600. The van der Waals surface area contributed by atoms with Gasteiger partial charge in [0.05, 0.1) is 18.3 Å². The Bertz CT molecular complexity index is 366. The summed E-state index contributed by atoms with van der Waals surface area (Å²) in [5, 5.41) is 9.55. The Morgan fingerprint density at radius 1 is 1.39 bits per heavy atom. The van der Waals surface area contributed by atoms with E-state index >= 15 is 0 Å². The molecule has 0 radical (unpaired) electrons. The molecule has 1 fully saturated rings. The van der Waals surface area contributed by atoms with Crippen molar-refractivity contribution < 1.29 is 9.84 Å². The first kappa shape index (κ1) is 13.5. The van der Waals surface area contributed by atoms with E-state index in [4.69, 9.17) is 4.74 Å². The molecule has 0 spiro atoms. The number of rotatable bonds is 4. The Balaban J connectivity index is 1.94. The van der Waals surface area contributed by atoms with Gasteiger partial charge in [0.25, 0.3) is 0 Å². The molecule has 2 unspecified atom stereocenters. The van der Waals surface area contributed by atoms with Crippen molar-refractivity contribution in [3.63, 3.8) is 0 Å². The van der Waals surface area contributed by atoms with Gasteiger partial charge in [-0.05, 0) is 19.4 Å². The van der Waals surface area contributed by atoms with Crippen molar-refractivity contribution in [2.24, 2.45) is 0 Å². The van der Waals surface area contributed by atoms with E-state index in [9.17, 15) is 5.11 Å². The molecule has 1 aliphatic rings. The SMILES string of the molecule is CC(O)CC1(C)CN(Cc2ccccc2)CCO1. The van der Waals surface area contributed by atoms with Gasteiger partial charge in [0.1, 0.15) is 0 Å². The maximum absolute atomic E-state index is 9.55. The van der Waals surface area contributed by atoms with Gasteiger partial charge < -0.3 is 9.84 Å². The predicted octanol–water partition coefficient (Wildman–Crippen LogP) is 2.05. The minimum absolute atomic E-state index is 0.221. The number of ether oxygens (including phenoxy) is 1. The molecular weight excluding hydrogens is 226 g/mol. The summed E-state index contributed by atoms with van der Waals surface area (Å²) >= 11 is 0. The van der Waals surface area contributed by atoms with Crippen LogP contribution in [0.25, 0.3) is 0 Å². The van der Waals surface area contributed by atoms with Gasteiger partial charge in [0.2, 0.25) is 0 Å². The summed E-state index contributed by atoms with van der Waals surface area (Å²) in [5.41, 5.74) is 1.11. The molecule has 2 rings (SSSR count). The summed E-state index contributed by atoms with van der Waals surface area (Å²) in [6.07, 6.45) is 0.379. The lowest BCUT2D eigenvalue weighted by molar-refractivity contribution is -0.117. The molecule has 0 aromatic heterocycles. The van der Waals surface area contributed by atoms with Crippen molar-refractivity contribution >= 4 is 0 Å². The van der Waals surface area contributed by atoms with E-state index in [1.165, 1.54) is 5.56 Å². The molecule has 1 N–H and O–H groups in total. The summed E-state index contributed by atoms with van der Waals surface area (Å²) in [7, 11) is 0. The molecule has 0 saturated carbocycles. The Labute approximate surface area is 109 Å². The largest absolute Gasteiger partial charge is 0.393 e. The minimum Gasteiger partial charge on any atom is -0.393 e. The number of hydrogen-bond acceptors (Lipinski definition) is 3. The zero-order chi connectivity index (χ0) is 13.0. The summed E-state index contributed by atoms with van der Waals surface area (Å²) in [5.74, 6) is 0. The van der Waals surface area contributed by atoms with E-state index in [2.05, 4.69) is 36.1 Å². The fourth-order valence-electron chi connectivity index (χ4n) is 2.74. The number of benzene rings is 1. The second kappa shape index (κ2) is 5.83. The summed E-state index contributed by atoms with van der Waals surface area (Å²) in [6.45, 7) is 7.47. The number of nitrogens with zero attached hydrogens (tertiary/aromatic N) is 1. The highest BCUT2D eigenvalue weighted by atomic mass is 16.5. The van der Waals surface area contributed by atoms with Crippen LogP contribution in [0.5, 0.6) is 0 Å². The molecule has 2 atom stereocenters. The fourth-order valence-corrected chi connectivity index (χ4v) is 2.74. The van der Waals surface area contributed by atoms with Gasteiger partial charge in [0.15, 0.2) is 0 Å². The van der Waals surface area contributed by atoms with Crippen molar-refractivity contribution in [3.05, 3.63) is 35.9 Å². The maximum atomic E-state index is 9.55. The van der Waals surface area contributed by atoms with Crippen LogP contribution in [0.3, 0.4) is 0 Å². The maximum Gasteiger partial charge on any atom is 0.0806 e. The van der Waals surface area contributed by atoms with Gasteiger partial charge in [-0.3, -0.25) is 4.90 Å². The van der Waals surface area contributed by atoms with Gasteiger partial charge >= 0.3 is 0 Å². The lowest BCUT2D eigenvalue weighted by atomic mass is 9.96. The molecule has 3 nitrogen and oxygen atoms in total. The van der Waals surface area contributed by atoms with Crippen LogP contribution in [0.15, 0.2) is 30.3 Å². The van der Waals surface area contributed by atoms with Crippen LogP contribution < -0.4 is 0 Å². The molecule has 1 aromatic carbocycles. The normalized spacial score (nSPS) is 27.1. The van der Waals surface area contributed by atoms with Crippen molar-refractivity contribution in [2.75, 3.05) is 19.7 Å². The first-order chi connectivity index (χ1) is 8.57. The smallest absolute Gasteiger partial charge is 0.0806 e. The first-order valence-corrected chi connectivity index (χ1v) is 6.66. The Hall–Kier alpha value is -0.900. The monoisotopic (exact) mass is 249 g/mol. The average Bonchev–Trinajstić information content (AvgIpc) is 2.28. The summed E-state index contributed by atoms with van der Waals surface area (Å²) < 4.78 is 5.84. The van der Waals surface area contributed by atoms with Crippen LogP contribution in [-0.2, 0) is 11.3 Å². The highest BCUT2D eigenvalue weighted by molar-refractivity contribution is 5.14. The van der Waals surface area contributed by atoms with E-state index < -0.39 is 0 Å². The second-order valence-corrected chi connectivity index (χ2v) is 5.55. The molecule has 0 bridgehead atoms. The van der Waals surface area contributed by atoms with Crippen LogP contribution in [0, 0.1) is 0 Å². The molecule has 1 heterocycles. The Morgan fingerprint density at radius 3 is 2.78 bits per heavy atom. The quantitative estimate of drug-likeness (QED) is 0.886. The standard InChI is InChI=1S/C15H23NO2/c1-13(17)10-15(2)12-16(8-9-18-15)11-14-6-4-3-5-7-14/h3-7,13,17H,8-12H2,1-2H3. The van der Waals surface area contributed by atoms with Gasteiger partial charge in [-0.15, -0.1) is 0 Å². The third-order valence-corrected chi connectivity index (χ3v) is 3.39. The van der Waals surface area contributed by atoms with Gasteiger partial charge in [0, 0.05) is 26.1 Å². The van der Waals surface area contributed by atoms with E-state index in [-0.39, 0.29) is 11.7 Å². The molecule has 18 heavy (non-hydrogen) atoms. The van der Waals surface area contributed by atoms with Gasteiger partial charge in [-0.1, -0.05) is 30.3 Å². The third kappa shape index (κ3) is 3.80. The molecule has 1 aromatic rings. The van der Waals surface area contributed by atoms with Crippen LogP contribution in [0.4, 0.5) is 0 Å². The van der Waals surface area contributed by atoms with E-state index in [0.29, 0.717) is 6.42 Å². The van der Waals surface area contributed by atoms with E-state index in [1.54, 1.807) is 0 Å². The predicted molar refractivity (Wildman–Crippen MR) is 72.4 cm³/mol. The molecule has 0 aliphatic carbocycles. The third-order valence-electron chi connectivity index (χ3n) is 3.39. The first-order valence-electron chi connectivity index (χ1n) is 6.66. The molecule has 1 saturated heterocycles. The van der Waals surface area contributed by atoms with Gasteiger partial charge in [-0.25, -0.2) is 0 Å². The van der Waals surface area contributed by atoms with Crippen LogP contribution in [0.1, 0.15) is 25.8 Å². The van der Waals surface area contributed by atoms with Gasteiger partial charge in [-0.2, -0.15) is 0 Å². The van der Waals surface area contributed by atoms with Crippen LogP contribution in [0.2, 0.25) is 0 Å². The highest BCUT2D eigenvalue weighted by Gasteiger charge is 2.33. The molecule has 3 heteroatoms. The minimum atomic E-state index is -0.313. The topological polar surface area (TPSA) is 32.7 Å². The number of aliphatic hydroxyl groups excluding tert-OH is 1. The molecule has 0 amide bonds. The zero-order valence-electron chi connectivity index (χ0n) is 11.3. The second-order valence-electron chi connectivity index (χ2n) is 5.55.